The molecule has 6 aromatic heterocycles. The van der Waals surface area contributed by atoms with Crippen molar-refractivity contribution in [1.82, 2.24) is 13.2 Å². The van der Waals surface area contributed by atoms with Crippen LogP contribution in [0.1, 0.15) is 25.7 Å². The van der Waals surface area contributed by atoms with Gasteiger partial charge in [0.05, 0.1) is 79.4 Å². The van der Waals surface area contributed by atoms with Crippen molar-refractivity contribution >= 4 is 302 Å². The van der Waals surface area contributed by atoms with Gasteiger partial charge in [-0.1, -0.05) is 302 Å². The van der Waals surface area contributed by atoms with Crippen molar-refractivity contribution in [2.45, 2.75) is 12.4 Å². The Morgan fingerprint density at radius 1 is 0.300 bits per heavy atom. The van der Waals surface area contributed by atoms with E-state index in [1.807, 2.05) is 0 Å². The number of nitrogens with zero attached hydrogens (tertiary/aromatic N) is 4. The summed E-state index contributed by atoms with van der Waals surface area (Å²) in [7, 11) is 0. The number of anilines is 2. The molecule has 0 bridgehead atoms. The van der Waals surface area contributed by atoms with E-state index in [2.05, 4.69) is 351 Å². The van der Waals surface area contributed by atoms with E-state index in [9.17, 15) is 0 Å². The third-order valence-electron chi connectivity index (χ3n) is 23.2. The number of fused-ring (bicyclic) bond motifs is 26. The minimum atomic E-state index is -1.25. The second kappa shape index (κ2) is 23.9. The molecular formula is C100H54Br6N4. The van der Waals surface area contributed by atoms with Gasteiger partial charge in [-0.2, -0.15) is 0 Å². The second-order valence-corrected chi connectivity index (χ2v) is 34.1. The molecule has 0 saturated heterocycles. The molecule has 2 unspecified atom stereocenters. The summed E-state index contributed by atoms with van der Waals surface area (Å²) in [5, 5.41) is 31.4. The van der Waals surface area contributed by atoms with Crippen molar-refractivity contribution < 1.29 is 13.7 Å². The topological polar surface area (TPSA) is 16.5 Å². The Bertz CT molecular complexity index is 8930. The highest BCUT2D eigenvalue weighted by atomic mass is 79.9. The van der Waals surface area contributed by atoms with Crippen molar-refractivity contribution in [2.24, 2.45) is 0 Å². The zero-order valence-corrected chi connectivity index (χ0v) is 67.0. The van der Waals surface area contributed by atoms with Gasteiger partial charge in [-0.25, -0.2) is 0 Å². The number of pyridine rings is 3. The average molecular weight is 1800 g/mol. The van der Waals surface area contributed by atoms with Gasteiger partial charge >= 0.3 is 0 Å². The summed E-state index contributed by atoms with van der Waals surface area (Å²) in [6.45, 7) is 0. The highest BCUT2D eigenvalue weighted by Gasteiger charge is 2.41. The maximum atomic E-state index is 8.76. The standard InChI is InChI=1S/C30H16BrN.C26H14BrN.C22H10Br3N.C22H14BrN/c31-19-15-24-22-9-3-6-18-7-4-10-26(28(18)22)32-27-14-13-21-20-8-2-1-5-17(20)11-12-23(21)29(27)25(16-19)30(24)32;27-21-12-5-13-22-24(21)20-11-4-10-19-18-9-3-7-16-14-15-6-1-2-8-17(15)26(23(16)18)28(22)25(19)20;23-11-4-6-19-15(8-11)17-10-12(24)9-16-13-2-1-3-14-18(25)5-7-20(21(13)14)26(19)22(16)17;23-14-11-17-15-7-1-2-9-19(15)24-20-10-4-6-13-5-3-8-16(21(13)20)18(12-14)22(17)24/h1-16H;1-14H;1-10H;1-8,10-12,19H,9H2/i;;;1D,2D,3D,4D,5D,6D,7D,8D,9D,10D. The van der Waals surface area contributed by atoms with Crippen molar-refractivity contribution in [3.05, 3.63) is 342 Å². The molecule has 24 aromatic rings. The van der Waals surface area contributed by atoms with Gasteiger partial charge in [-0.3, -0.25) is 0 Å². The fourth-order valence-corrected chi connectivity index (χ4v) is 21.8. The average Bonchev–Trinajstić information content (AvgIpc) is 1.46. The third-order valence-corrected chi connectivity index (χ3v) is 26.4. The van der Waals surface area contributed by atoms with Gasteiger partial charge in [0.2, 0.25) is 0 Å². The van der Waals surface area contributed by atoms with Gasteiger partial charge in [0.15, 0.2) is 0 Å². The molecule has 10 heteroatoms. The molecule has 2 aliphatic heterocycles. The van der Waals surface area contributed by atoms with Crippen LogP contribution in [0.4, 0.5) is 11.4 Å². The molecule has 0 fully saturated rings. The van der Waals surface area contributed by atoms with Crippen LogP contribution in [0, 0.1) is 0 Å². The lowest BCUT2D eigenvalue weighted by Crippen LogP contribution is -2.28. The Morgan fingerprint density at radius 3 is 1.66 bits per heavy atom. The first-order valence-corrected chi connectivity index (χ1v) is 40.9. The van der Waals surface area contributed by atoms with E-state index in [0.29, 0.717) is 26.9 Å². The molecule has 27 rings (SSSR count). The Kier molecular flexibility index (Phi) is 11.9. The molecule has 4 nitrogen and oxygen atoms in total. The van der Waals surface area contributed by atoms with Crippen molar-refractivity contribution in [2.75, 3.05) is 4.90 Å². The van der Waals surface area contributed by atoms with Crippen LogP contribution in [-0.4, -0.2) is 19.2 Å². The van der Waals surface area contributed by atoms with Crippen LogP contribution >= 0.6 is 95.6 Å². The fourth-order valence-electron chi connectivity index (χ4n) is 19.1. The van der Waals surface area contributed by atoms with Crippen LogP contribution < -0.4 is 4.90 Å². The lowest BCUT2D eigenvalue weighted by Gasteiger charge is -2.34. The summed E-state index contributed by atoms with van der Waals surface area (Å²) in [6.07, 6.45) is -1.25. The van der Waals surface area contributed by atoms with Gasteiger partial charge in [-0.05, 0) is 185 Å². The molecule has 0 saturated carbocycles. The smallest absolute Gasteiger partial charge is 0.0645 e. The maximum absolute atomic E-state index is 8.76. The van der Waals surface area contributed by atoms with Gasteiger partial charge in [0.25, 0.3) is 0 Å². The molecule has 8 heterocycles. The summed E-state index contributed by atoms with van der Waals surface area (Å²) in [6, 6.07) is 88.2. The van der Waals surface area contributed by atoms with Gasteiger partial charge in [0, 0.05) is 115 Å². The lowest BCUT2D eigenvalue weighted by molar-refractivity contribution is 0.831. The van der Waals surface area contributed by atoms with Crippen molar-refractivity contribution in [3.8, 4) is 11.1 Å². The number of hydrogen-bond acceptors (Lipinski definition) is 1. The van der Waals surface area contributed by atoms with Crippen molar-refractivity contribution in [1.29, 1.82) is 0 Å². The summed E-state index contributed by atoms with van der Waals surface area (Å²) in [5.41, 5.74) is 13.7. The van der Waals surface area contributed by atoms with E-state index in [-0.39, 0.29) is 70.4 Å². The van der Waals surface area contributed by atoms with Crippen LogP contribution in [0.2, 0.25) is 0 Å². The van der Waals surface area contributed by atoms with Crippen molar-refractivity contribution in [3.63, 3.8) is 0 Å². The zero-order chi connectivity index (χ0) is 81.5. The highest BCUT2D eigenvalue weighted by molar-refractivity contribution is 9.11. The van der Waals surface area contributed by atoms with Gasteiger partial charge < -0.3 is 18.1 Å². The zero-order valence-electron chi connectivity index (χ0n) is 67.5. The minimum absolute atomic E-state index is 0.0112. The minimum Gasteiger partial charge on any atom is -0.332 e. The molecule has 1 aliphatic carbocycles. The summed E-state index contributed by atoms with van der Waals surface area (Å²) < 4.78 is 98.6. The number of halogens is 6. The Morgan fingerprint density at radius 2 is 0.845 bits per heavy atom. The predicted molar refractivity (Wildman–Crippen MR) is 492 cm³/mol. The monoisotopic (exact) mass is 1790 g/mol. The van der Waals surface area contributed by atoms with E-state index < -0.39 is 18.5 Å². The van der Waals surface area contributed by atoms with Gasteiger partial charge in [0.1, 0.15) is 0 Å². The first kappa shape index (κ1) is 54.9. The number of para-hydroxylation sites is 1. The molecule has 0 N–H and O–H groups in total. The largest absolute Gasteiger partial charge is 0.332 e. The lowest BCUT2D eigenvalue weighted by atomic mass is 9.91. The third kappa shape index (κ3) is 8.92. The van der Waals surface area contributed by atoms with Gasteiger partial charge in [-0.15, -0.1) is 0 Å². The molecular weight excluding hydrogens is 1740 g/mol. The first-order valence-electron chi connectivity index (χ1n) is 41.2. The first-order chi connectivity index (χ1) is 58.2. The molecule has 516 valence electrons. The Hall–Kier alpha value is -10.7. The Balaban J connectivity index is 0.0000000913. The highest BCUT2D eigenvalue weighted by Crippen LogP contribution is 2.59. The van der Waals surface area contributed by atoms with Crippen LogP contribution in [0.5, 0.6) is 0 Å². The van der Waals surface area contributed by atoms with E-state index in [1.165, 1.54) is 179 Å². The number of hydrogen-bond donors (Lipinski definition) is 0. The molecule has 2 atom stereocenters. The van der Waals surface area contributed by atoms with Crippen LogP contribution in [0.25, 0.3) is 206 Å². The van der Waals surface area contributed by atoms with E-state index in [1.54, 1.807) is 17.0 Å². The molecule has 0 spiro atoms. The molecule has 0 radical (unpaired) electrons. The molecule has 110 heavy (non-hydrogen) atoms. The normalized spacial score (nSPS) is 16.2. The van der Waals surface area contributed by atoms with E-state index in [0.717, 1.165) is 22.4 Å². The van der Waals surface area contributed by atoms with Crippen LogP contribution in [0.15, 0.2) is 336 Å². The quantitative estimate of drug-likeness (QED) is 0.109. The number of benzene rings is 18. The van der Waals surface area contributed by atoms with Crippen LogP contribution in [0.3, 0.4) is 0 Å². The van der Waals surface area contributed by atoms with E-state index in [4.69, 9.17) is 13.7 Å². The SMILES string of the molecule is Brc1cc2c3cccc4cccc(c43)n3c4ccc5c6ccccc6ccc5c4c(c1)c23.Brc1ccc2c(c1)c1cc(Br)cc3c4cccc5c(Br)ccc(c54)n2c31.Brc1cccc2c1c1cccc3c4cccc5cc6ccccc6c(c54)n2c31.[2H]C1=C([2H])C([2H])C2C(=C1[2H])c1cc(Br)cc3c1N2c1c([2H])c([2H])c([2H])c2c([2H])c([2H])c([2H])c-3c12. The number of allylic oxidation sites excluding steroid dienone is 2. The fraction of sp³-hybridized carbons (Fsp3) is 0.0200. The van der Waals surface area contributed by atoms with Crippen LogP contribution in [-0.2, 0) is 0 Å². The summed E-state index contributed by atoms with van der Waals surface area (Å²) in [4.78, 5) is 1.62. The maximum Gasteiger partial charge on any atom is 0.0645 e. The second-order valence-electron chi connectivity index (χ2n) is 28.7. The van der Waals surface area contributed by atoms with E-state index >= 15 is 0 Å². The molecule has 18 aromatic carbocycles. The summed E-state index contributed by atoms with van der Waals surface area (Å²) >= 11 is 22.2. The number of rotatable bonds is 0. The molecule has 0 amide bonds. The molecule has 3 aliphatic rings. The predicted octanol–water partition coefficient (Wildman–Crippen LogP) is 31.7. The summed E-state index contributed by atoms with van der Waals surface area (Å²) in [5.74, 6) is 0. The Labute approximate surface area is 693 Å². The number of aromatic nitrogens is 3.